The van der Waals surface area contributed by atoms with Gasteiger partial charge < -0.3 is 9.64 Å². The summed E-state index contributed by atoms with van der Waals surface area (Å²) >= 11 is 0. The molecule has 0 amide bonds. The van der Waals surface area contributed by atoms with E-state index in [9.17, 15) is 16.8 Å². The van der Waals surface area contributed by atoms with Crippen molar-refractivity contribution in [3.8, 4) is 5.75 Å². The molecule has 0 N–H and O–H groups in total. The van der Waals surface area contributed by atoms with Gasteiger partial charge in [-0.2, -0.15) is 8.61 Å². The lowest BCUT2D eigenvalue weighted by atomic mass is 10.2. The second-order valence-electron chi connectivity index (χ2n) is 7.65. The van der Waals surface area contributed by atoms with Crippen LogP contribution in [0.15, 0.2) is 58.3 Å². The summed E-state index contributed by atoms with van der Waals surface area (Å²) < 4.78 is 59.8. The molecule has 31 heavy (non-hydrogen) atoms. The van der Waals surface area contributed by atoms with Crippen LogP contribution in [0.4, 0.5) is 5.69 Å². The van der Waals surface area contributed by atoms with Crippen molar-refractivity contribution in [2.24, 2.45) is 0 Å². The molecule has 8 nitrogen and oxygen atoms in total. The molecule has 2 aromatic carbocycles. The van der Waals surface area contributed by atoms with Crippen molar-refractivity contribution in [3.05, 3.63) is 48.5 Å². The number of ether oxygens (including phenoxy) is 1. The minimum Gasteiger partial charge on any atom is -0.495 e. The van der Waals surface area contributed by atoms with Crippen molar-refractivity contribution in [2.45, 2.75) is 22.6 Å². The molecule has 0 spiro atoms. The van der Waals surface area contributed by atoms with Crippen LogP contribution < -0.4 is 9.64 Å². The minimum atomic E-state index is -3.70. The van der Waals surface area contributed by atoms with Crippen LogP contribution >= 0.6 is 0 Å². The predicted octanol–water partition coefficient (Wildman–Crippen LogP) is 1.99. The van der Waals surface area contributed by atoms with Crippen molar-refractivity contribution < 1.29 is 21.6 Å². The highest BCUT2D eigenvalue weighted by molar-refractivity contribution is 7.89. The highest BCUT2D eigenvalue weighted by Crippen LogP contribution is 2.29. The Bertz CT molecular complexity index is 1120. The van der Waals surface area contributed by atoms with Crippen LogP contribution in [-0.2, 0) is 20.0 Å². The van der Waals surface area contributed by atoms with Crippen molar-refractivity contribution in [2.75, 3.05) is 51.3 Å². The van der Waals surface area contributed by atoms with E-state index < -0.39 is 20.0 Å². The number of methoxy groups -OCH3 is 1. The second-order valence-corrected chi connectivity index (χ2v) is 11.5. The molecule has 0 bridgehead atoms. The Morgan fingerprint density at radius 2 is 1.16 bits per heavy atom. The van der Waals surface area contributed by atoms with Crippen LogP contribution in [0.1, 0.15) is 12.8 Å². The summed E-state index contributed by atoms with van der Waals surface area (Å²) in [5.41, 5.74) is 0.943. The molecule has 0 unspecified atom stereocenters. The number of anilines is 1. The molecule has 0 aliphatic carbocycles. The molecule has 0 aromatic heterocycles. The first-order valence-electron chi connectivity index (χ1n) is 10.3. The van der Waals surface area contributed by atoms with Crippen molar-refractivity contribution in [1.82, 2.24) is 8.61 Å². The molecule has 0 saturated carbocycles. The second kappa shape index (κ2) is 8.78. The van der Waals surface area contributed by atoms with Crippen LogP contribution in [0.2, 0.25) is 0 Å². The minimum absolute atomic E-state index is 0.110. The zero-order valence-electron chi connectivity index (χ0n) is 17.5. The van der Waals surface area contributed by atoms with Gasteiger partial charge in [-0.3, -0.25) is 0 Å². The van der Waals surface area contributed by atoms with E-state index in [2.05, 4.69) is 4.90 Å². The van der Waals surface area contributed by atoms with Gasteiger partial charge in [0, 0.05) is 39.3 Å². The fraction of sp³-hybridized carbons (Fsp3) is 0.429. The predicted molar refractivity (Wildman–Crippen MR) is 118 cm³/mol. The third kappa shape index (κ3) is 4.30. The van der Waals surface area contributed by atoms with E-state index in [0.29, 0.717) is 39.3 Å². The number of rotatable bonds is 6. The lowest BCUT2D eigenvalue weighted by Gasteiger charge is -2.35. The summed E-state index contributed by atoms with van der Waals surface area (Å²) in [5, 5.41) is 0. The first-order valence-corrected chi connectivity index (χ1v) is 13.2. The normalized spacial score (nSPS) is 18.9. The third-order valence-corrected chi connectivity index (χ3v) is 9.65. The monoisotopic (exact) mass is 465 g/mol. The Labute approximate surface area is 184 Å². The molecule has 10 heteroatoms. The van der Waals surface area contributed by atoms with Crippen LogP contribution in [0.3, 0.4) is 0 Å². The molecule has 2 fully saturated rings. The molecule has 2 aromatic rings. The molecular formula is C21H27N3O5S2. The van der Waals surface area contributed by atoms with Gasteiger partial charge in [-0.05, 0) is 49.2 Å². The Balaban J connectivity index is 1.47. The lowest BCUT2D eigenvalue weighted by molar-refractivity contribution is 0.378. The van der Waals surface area contributed by atoms with Crippen LogP contribution in [0, 0.1) is 0 Å². The Kier molecular flexibility index (Phi) is 6.25. The molecule has 2 saturated heterocycles. The van der Waals surface area contributed by atoms with Gasteiger partial charge in [0.1, 0.15) is 5.75 Å². The quantitative estimate of drug-likeness (QED) is 0.649. The van der Waals surface area contributed by atoms with Gasteiger partial charge in [-0.1, -0.05) is 12.1 Å². The highest BCUT2D eigenvalue weighted by Gasteiger charge is 2.31. The summed E-state index contributed by atoms with van der Waals surface area (Å²) in [6.45, 7) is 2.79. The number of benzene rings is 2. The van der Waals surface area contributed by atoms with E-state index in [1.54, 1.807) is 7.11 Å². The molecule has 0 radical (unpaired) electrons. The smallest absolute Gasteiger partial charge is 0.243 e. The first-order chi connectivity index (χ1) is 14.8. The number of hydrogen-bond donors (Lipinski definition) is 0. The SMILES string of the molecule is COc1ccccc1N1CCN(S(=O)(=O)c2ccc(S(=O)(=O)N3CCCC3)cc2)CC1. The van der Waals surface area contributed by atoms with Gasteiger partial charge in [0.25, 0.3) is 0 Å². The molecule has 4 rings (SSSR count). The van der Waals surface area contributed by atoms with Crippen molar-refractivity contribution in [1.29, 1.82) is 0 Å². The maximum absolute atomic E-state index is 13.1. The van der Waals surface area contributed by atoms with E-state index in [1.807, 2.05) is 24.3 Å². The third-order valence-electron chi connectivity index (χ3n) is 5.83. The van der Waals surface area contributed by atoms with Gasteiger partial charge >= 0.3 is 0 Å². The van der Waals surface area contributed by atoms with E-state index in [1.165, 1.54) is 32.9 Å². The lowest BCUT2D eigenvalue weighted by Crippen LogP contribution is -2.48. The van der Waals surface area contributed by atoms with Gasteiger partial charge in [-0.25, -0.2) is 16.8 Å². The number of nitrogens with zero attached hydrogens (tertiary/aromatic N) is 3. The van der Waals surface area contributed by atoms with Crippen molar-refractivity contribution >= 4 is 25.7 Å². The van der Waals surface area contributed by atoms with Crippen LogP contribution in [0.5, 0.6) is 5.75 Å². The summed E-state index contributed by atoms with van der Waals surface area (Å²) in [6, 6.07) is 13.3. The Morgan fingerprint density at radius 3 is 1.68 bits per heavy atom. The largest absolute Gasteiger partial charge is 0.495 e. The molecule has 168 valence electrons. The molecule has 2 heterocycles. The topological polar surface area (TPSA) is 87.2 Å². The zero-order valence-corrected chi connectivity index (χ0v) is 19.1. The number of hydrogen-bond acceptors (Lipinski definition) is 6. The molecular weight excluding hydrogens is 438 g/mol. The first kappa shape index (κ1) is 22.1. The number of piperazine rings is 1. The number of para-hydroxylation sites is 2. The Morgan fingerprint density at radius 1 is 0.677 bits per heavy atom. The summed E-state index contributed by atoms with van der Waals surface area (Å²) in [7, 11) is -5.64. The average Bonchev–Trinajstić information content (AvgIpc) is 3.35. The van der Waals surface area contributed by atoms with Gasteiger partial charge in [-0.15, -0.1) is 0 Å². The average molecular weight is 466 g/mol. The van der Waals surface area contributed by atoms with Crippen molar-refractivity contribution in [3.63, 3.8) is 0 Å². The maximum Gasteiger partial charge on any atom is 0.243 e. The van der Waals surface area contributed by atoms with E-state index in [0.717, 1.165) is 24.3 Å². The van der Waals surface area contributed by atoms with Gasteiger partial charge in [0.05, 0.1) is 22.6 Å². The summed E-state index contributed by atoms with van der Waals surface area (Å²) in [6.07, 6.45) is 1.71. The highest BCUT2D eigenvalue weighted by atomic mass is 32.2. The summed E-state index contributed by atoms with van der Waals surface area (Å²) in [5.74, 6) is 0.758. The van der Waals surface area contributed by atoms with Crippen LogP contribution in [-0.4, -0.2) is 71.8 Å². The summed E-state index contributed by atoms with van der Waals surface area (Å²) in [4.78, 5) is 2.35. The van der Waals surface area contributed by atoms with Gasteiger partial charge in [0.15, 0.2) is 0 Å². The fourth-order valence-corrected chi connectivity index (χ4v) is 7.01. The van der Waals surface area contributed by atoms with E-state index in [-0.39, 0.29) is 9.79 Å². The van der Waals surface area contributed by atoms with E-state index >= 15 is 0 Å². The molecule has 2 aliphatic rings. The molecule has 2 aliphatic heterocycles. The zero-order chi connectivity index (χ0) is 22.1. The van der Waals surface area contributed by atoms with Crippen LogP contribution in [0.25, 0.3) is 0 Å². The van der Waals surface area contributed by atoms with E-state index in [4.69, 9.17) is 4.74 Å². The fourth-order valence-electron chi connectivity index (χ4n) is 4.07. The number of sulfonamides is 2. The maximum atomic E-state index is 13.1. The standard InChI is InChI=1S/C21H27N3O5S2/c1-29-21-7-3-2-6-20(21)22-14-16-24(17-15-22)31(27,28)19-10-8-18(9-11-19)30(25,26)23-12-4-5-13-23/h2-3,6-11H,4-5,12-17H2,1H3. The van der Waals surface area contributed by atoms with Gasteiger partial charge in [0.2, 0.25) is 20.0 Å². The Hall–Kier alpha value is -2.14. The molecule has 0 atom stereocenters.